The van der Waals surface area contributed by atoms with Crippen LogP contribution < -0.4 is 0 Å². The molecular formula is C18H18N2O3. The summed E-state index contributed by atoms with van der Waals surface area (Å²) in [5.41, 5.74) is 2.06. The van der Waals surface area contributed by atoms with Crippen molar-refractivity contribution in [2.24, 2.45) is 0 Å². The molecule has 1 atom stereocenters. The van der Waals surface area contributed by atoms with Crippen LogP contribution in [-0.2, 0) is 22.4 Å². The first-order valence-corrected chi connectivity index (χ1v) is 7.65. The average molecular weight is 310 g/mol. The van der Waals surface area contributed by atoms with Crippen LogP contribution in [0.5, 0.6) is 0 Å². The van der Waals surface area contributed by atoms with Crippen molar-refractivity contribution >= 4 is 12.0 Å². The Kier molecular flexibility index (Phi) is 4.66. The molecule has 23 heavy (non-hydrogen) atoms. The smallest absolute Gasteiger partial charge is 0.416 e. The van der Waals surface area contributed by atoms with Gasteiger partial charge in [-0.05, 0) is 30.0 Å². The Balaban J connectivity index is 1.63. The predicted molar refractivity (Wildman–Crippen MR) is 84.7 cm³/mol. The van der Waals surface area contributed by atoms with Gasteiger partial charge in [0.05, 0.1) is 6.04 Å². The highest BCUT2D eigenvalue weighted by molar-refractivity contribution is 5.93. The highest BCUT2D eigenvalue weighted by atomic mass is 16.6. The molecule has 1 aromatic carbocycles. The number of carbonyl (C=O) groups excluding carboxylic acids is 2. The first-order valence-electron chi connectivity index (χ1n) is 7.65. The third-order valence-corrected chi connectivity index (χ3v) is 3.89. The quantitative estimate of drug-likeness (QED) is 0.852. The van der Waals surface area contributed by atoms with Crippen LogP contribution in [0.2, 0.25) is 0 Å². The SMILES string of the molecule is O=C(CCc1cccnc1)N1C(=O)OCC1Cc1ccccc1. The summed E-state index contributed by atoms with van der Waals surface area (Å²) in [5, 5.41) is 0. The second kappa shape index (κ2) is 7.05. The van der Waals surface area contributed by atoms with E-state index in [0.29, 0.717) is 12.8 Å². The number of hydrogen-bond acceptors (Lipinski definition) is 4. The number of hydrogen-bond donors (Lipinski definition) is 0. The number of amides is 2. The third kappa shape index (κ3) is 3.74. The lowest BCUT2D eigenvalue weighted by Gasteiger charge is -2.19. The molecule has 5 heteroatoms. The van der Waals surface area contributed by atoms with E-state index >= 15 is 0 Å². The minimum Gasteiger partial charge on any atom is -0.447 e. The highest BCUT2D eigenvalue weighted by Gasteiger charge is 2.37. The fraction of sp³-hybridized carbons (Fsp3) is 0.278. The number of nitrogens with zero attached hydrogens (tertiary/aromatic N) is 2. The Morgan fingerprint density at radius 2 is 1.96 bits per heavy atom. The molecule has 1 aromatic heterocycles. The zero-order valence-electron chi connectivity index (χ0n) is 12.7. The molecule has 1 saturated heterocycles. The summed E-state index contributed by atoms with van der Waals surface area (Å²) >= 11 is 0. The van der Waals surface area contributed by atoms with E-state index in [1.54, 1.807) is 12.4 Å². The molecule has 0 aliphatic carbocycles. The number of carbonyl (C=O) groups is 2. The lowest BCUT2D eigenvalue weighted by atomic mass is 10.1. The molecule has 0 radical (unpaired) electrons. The number of cyclic esters (lactones) is 1. The van der Waals surface area contributed by atoms with Gasteiger partial charge in [-0.2, -0.15) is 0 Å². The molecule has 2 amide bonds. The number of benzene rings is 1. The van der Waals surface area contributed by atoms with Gasteiger partial charge in [0, 0.05) is 18.8 Å². The van der Waals surface area contributed by atoms with Crippen LogP contribution in [0, 0.1) is 0 Å². The van der Waals surface area contributed by atoms with E-state index in [1.807, 2.05) is 42.5 Å². The van der Waals surface area contributed by atoms with Gasteiger partial charge < -0.3 is 4.74 Å². The zero-order chi connectivity index (χ0) is 16.1. The van der Waals surface area contributed by atoms with Gasteiger partial charge in [-0.3, -0.25) is 9.78 Å². The Bertz CT molecular complexity index is 673. The van der Waals surface area contributed by atoms with Crippen molar-refractivity contribution in [2.75, 3.05) is 6.61 Å². The first kappa shape index (κ1) is 15.2. The molecule has 1 aliphatic heterocycles. The molecular weight excluding hydrogens is 292 g/mol. The van der Waals surface area contributed by atoms with Crippen molar-refractivity contribution in [3.05, 3.63) is 66.0 Å². The second-order valence-electron chi connectivity index (χ2n) is 5.55. The van der Waals surface area contributed by atoms with Crippen LogP contribution in [0.25, 0.3) is 0 Å². The van der Waals surface area contributed by atoms with Crippen LogP contribution in [0.15, 0.2) is 54.9 Å². The Morgan fingerprint density at radius 3 is 2.70 bits per heavy atom. The van der Waals surface area contributed by atoms with Gasteiger partial charge in [-0.1, -0.05) is 36.4 Å². The summed E-state index contributed by atoms with van der Waals surface area (Å²) in [6.07, 6.45) is 4.34. The summed E-state index contributed by atoms with van der Waals surface area (Å²) in [5.74, 6) is -0.197. The van der Waals surface area contributed by atoms with Crippen molar-refractivity contribution < 1.29 is 14.3 Å². The number of aromatic nitrogens is 1. The predicted octanol–water partition coefficient (Wildman–Crippen LogP) is 2.60. The Labute approximate surface area is 134 Å². The lowest BCUT2D eigenvalue weighted by Crippen LogP contribution is -2.40. The number of imide groups is 1. The van der Waals surface area contributed by atoms with Gasteiger partial charge in [0.25, 0.3) is 0 Å². The molecule has 2 heterocycles. The van der Waals surface area contributed by atoms with Gasteiger partial charge in [-0.15, -0.1) is 0 Å². The topological polar surface area (TPSA) is 59.5 Å². The van der Waals surface area contributed by atoms with Gasteiger partial charge in [0.15, 0.2) is 0 Å². The van der Waals surface area contributed by atoms with E-state index in [1.165, 1.54) is 4.90 Å². The van der Waals surface area contributed by atoms with E-state index in [0.717, 1.165) is 11.1 Å². The Morgan fingerprint density at radius 1 is 1.17 bits per heavy atom. The second-order valence-corrected chi connectivity index (χ2v) is 5.55. The van der Waals surface area contributed by atoms with Crippen LogP contribution >= 0.6 is 0 Å². The van der Waals surface area contributed by atoms with E-state index in [-0.39, 0.29) is 25.0 Å². The largest absolute Gasteiger partial charge is 0.447 e. The maximum absolute atomic E-state index is 12.4. The van der Waals surface area contributed by atoms with E-state index in [4.69, 9.17) is 4.74 Å². The maximum atomic E-state index is 12.4. The normalized spacial score (nSPS) is 17.1. The van der Waals surface area contributed by atoms with Gasteiger partial charge >= 0.3 is 6.09 Å². The molecule has 1 fully saturated rings. The molecule has 2 aromatic rings. The summed E-state index contributed by atoms with van der Waals surface area (Å²) in [6.45, 7) is 0.256. The van der Waals surface area contributed by atoms with Crippen molar-refractivity contribution in [3.8, 4) is 0 Å². The molecule has 5 nitrogen and oxygen atoms in total. The molecule has 0 bridgehead atoms. The average Bonchev–Trinajstić information content (AvgIpc) is 2.95. The van der Waals surface area contributed by atoms with E-state index in [9.17, 15) is 9.59 Å². The monoisotopic (exact) mass is 310 g/mol. The summed E-state index contributed by atoms with van der Waals surface area (Å²) in [6, 6.07) is 13.3. The standard InChI is InChI=1S/C18H18N2O3/c21-17(9-8-15-7-4-10-19-12-15)20-16(13-23-18(20)22)11-14-5-2-1-3-6-14/h1-7,10,12,16H,8-9,11,13H2. The number of pyridine rings is 1. The van der Waals surface area contributed by atoms with E-state index < -0.39 is 6.09 Å². The summed E-state index contributed by atoms with van der Waals surface area (Å²) in [4.78, 5) is 29.6. The maximum Gasteiger partial charge on any atom is 0.416 e. The van der Waals surface area contributed by atoms with Crippen molar-refractivity contribution in [1.29, 1.82) is 0 Å². The lowest BCUT2D eigenvalue weighted by molar-refractivity contribution is -0.129. The Hall–Kier alpha value is -2.69. The van der Waals surface area contributed by atoms with Gasteiger partial charge in [0.2, 0.25) is 5.91 Å². The molecule has 0 spiro atoms. The fourth-order valence-corrected chi connectivity index (χ4v) is 2.72. The van der Waals surface area contributed by atoms with Gasteiger partial charge in [0.1, 0.15) is 6.61 Å². The van der Waals surface area contributed by atoms with Crippen molar-refractivity contribution in [2.45, 2.75) is 25.3 Å². The minimum atomic E-state index is -0.540. The van der Waals surface area contributed by atoms with Crippen LogP contribution in [0.3, 0.4) is 0 Å². The first-order chi connectivity index (χ1) is 11.2. The van der Waals surface area contributed by atoms with Crippen LogP contribution in [0.4, 0.5) is 4.79 Å². The number of aryl methyl sites for hydroxylation is 1. The van der Waals surface area contributed by atoms with E-state index in [2.05, 4.69) is 4.98 Å². The van der Waals surface area contributed by atoms with Crippen LogP contribution in [0.1, 0.15) is 17.5 Å². The molecule has 0 N–H and O–H groups in total. The highest BCUT2D eigenvalue weighted by Crippen LogP contribution is 2.19. The number of ether oxygens (including phenoxy) is 1. The van der Waals surface area contributed by atoms with Gasteiger partial charge in [-0.25, -0.2) is 9.69 Å². The minimum absolute atomic E-state index is 0.197. The molecule has 0 saturated carbocycles. The summed E-state index contributed by atoms with van der Waals surface area (Å²) < 4.78 is 5.08. The van der Waals surface area contributed by atoms with Crippen molar-refractivity contribution in [3.63, 3.8) is 0 Å². The molecule has 1 aliphatic rings. The summed E-state index contributed by atoms with van der Waals surface area (Å²) in [7, 11) is 0. The molecule has 1 unspecified atom stereocenters. The molecule has 118 valence electrons. The fourth-order valence-electron chi connectivity index (χ4n) is 2.72. The third-order valence-electron chi connectivity index (χ3n) is 3.89. The number of rotatable bonds is 5. The van der Waals surface area contributed by atoms with Crippen LogP contribution in [-0.4, -0.2) is 34.5 Å². The zero-order valence-corrected chi connectivity index (χ0v) is 12.7. The van der Waals surface area contributed by atoms with Crippen molar-refractivity contribution in [1.82, 2.24) is 9.88 Å². The molecule has 3 rings (SSSR count).